The molecule has 1 heterocycles. The minimum atomic E-state index is -4.38. The number of carbonyl (C=O) groups is 1. The van der Waals surface area contributed by atoms with Crippen molar-refractivity contribution in [2.45, 2.75) is 45.5 Å². The van der Waals surface area contributed by atoms with Gasteiger partial charge in [-0.15, -0.1) is 0 Å². The number of alkyl halides is 3. The molecule has 196 valence electrons. The Morgan fingerprint density at radius 3 is 2.24 bits per heavy atom. The largest absolute Gasteiger partial charge is 0.489 e. The Hall–Kier alpha value is -3.52. The van der Waals surface area contributed by atoms with E-state index in [0.717, 1.165) is 54.0 Å². The van der Waals surface area contributed by atoms with Crippen molar-refractivity contribution in [3.63, 3.8) is 0 Å². The summed E-state index contributed by atoms with van der Waals surface area (Å²) in [5.74, 6) is 0.0357. The number of likely N-dealkylation sites (tertiary alicyclic amines) is 1. The summed E-state index contributed by atoms with van der Waals surface area (Å²) in [5, 5.41) is 8.81. The van der Waals surface area contributed by atoms with Gasteiger partial charge in [0, 0.05) is 6.54 Å². The van der Waals surface area contributed by atoms with Gasteiger partial charge in [-0.1, -0.05) is 24.6 Å². The molecule has 3 aromatic rings. The number of benzene rings is 3. The van der Waals surface area contributed by atoms with Gasteiger partial charge in [-0.25, -0.2) is 4.79 Å². The van der Waals surface area contributed by atoms with Crippen molar-refractivity contribution in [2.24, 2.45) is 0 Å². The van der Waals surface area contributed by atoms with Crippen molar-refractivity contribution in [2.75, 3.05) is 19.7 Å². The summed E-state index contributed by atoms with van der Waals surface area (Å²) < 4.78 is 50.4. The van der Waals surface area contributed by atoms with Crippen LogP contribution in [0.25, 0.3) is 11.1 Å². The van der Waals surface area contributed by atoms with E-state index in [-0.39, 0.29) is 6.61 Å². The Balaban J connectivity index is 1.54. The van der Waals surface area contributed by atoms with Gasteiger partial charge < -0.3 is 14.6 Å². The normalized spacial score (nSPS) is 14.4. The fourth-order valence-corrected chi connectivity index (χ4v) is 4.51. The van der Waals surface area contributed by atoms with Gasteiger partial charge in [0.05, 0.1) is 5.56 Å². The molecule has 8 heteroatoms. The smallest absolute Gasteiger partial charge is 0.416 e. The second kappa shape index (κ2) is 11.7. The van der Waals surface area contributed by atoms with E-state index in [1.807, 2.05) is 19.1 Å². The first-order valence-corrected chi connectivity index (χ1v) is 12.3. The number of carboxylic acids is 1. The Morgan fingerprint density at radius 1 is 0.892 bits per heavy atom. The number of aryl methyl sites for hydroxylation is 1. The van der Waals surface area contributed by atoms with Crippen molar-refractivity contribution in [3.8, 4) is 22.6 Å². The highest BCUT2D eigenvalue weighted by Crippen LogP contribution is 2.32. The Bertz CT molecular complexity index is 1220. The molecular weight excluding hydrogens is 483 g/mol. The van der Waals surface area contributed by atoms with Gasteiger partial charge >= 0.3 is 12.1 Å². The Kier molecular flexibility index (Phi) is 8.38. The first-order valence-electron chi connectivity index (χ1n) is 12.3. The molecule has 0 unspecified atom stereocenters. The number of ether oxygens (including phenoxy) is 2. The molecule has 3 aromatic carbocycles. The van der Waals surface area contributed by atoms with Crippen molar-refractivity contribution in [1.82, 2.24) is 4.90 Å². The number of hydrogen-bond acceptors (Lipinski definition) is 4. The van der Waals surface area contributed by atoms with Gasteiger partial charge in [-0.3, -0.25) is 4.90 Å². The zero-order valence-electron chi connectivity index (χ0n) is 20.7. The van der Waals surface area contributed by atoms with Crippen LogP contribution in [0.3, 0.4) is 0 Å². The molecule has 5 nitrogen and oxygen atoms in total. The van der Waals surface area contributed by atoms with E-state index in [1.165, 1.54) is 31.4 Å². The molecule has 4 rings (SSSR count). The maximum Gasteiger partial charge on any atom is 0.416 e. The number of halogens is 3. The van der Waals surface area contributed by atoms with Gasteiger partial charge in [0.15, 0.2) is 6.61 Å². The summed E-state index contributed by atoms with van der Waals surface area (Å²) >= 11 is 0. The summed E-state index contributed by atoms with van der Waals surface area (Å²) in [6, 6.07) is 16.5. The van der Waals surface area contributed by atoms with Gasteiger partial charge in [-0.05, 0) is 103 Å². The molecule has 1 N–H and O–H groups in total. The molecule has 1 fully saturated rings. The lowest BCUT2D eigenvalue weighted by molar-refractivity contribution is -0.139. The molecule has 0 spiro atoms. The minimum absolute atomic E-state index is 0.274. The fourth-order valence-electron chi connectivity index (χ4n) is 4.51. The van der Waals surface area contributed by atoms with E-state index in [4.69, 9.17) is 14.6 Å². The van der Waals surface area contributed by atoms with Crippen molar-refractivity contribution in [3.05, 3.63) is 82.9 Å². The van der Waals surface area contributed by atoms with Crippen LogP contribution < -0.4 is 9.47 Å². The molecule has 0 saturated carbocycles. The van der Waals surface area contributed by atoms with Crippen molar-refractivity contribution < 1.29 is 32.5 Å². The topological polar surface area (TPSA) is 59.0 Å². The molecule has 0 radical (unpaired) electrons. The van der Waals surface area contributed by atoms with Crippen LogP contribution in [-0.2, 0) is 24.1 Å². The highest BCUT2D eigenvalue weighted by atomic mass is 19.4. The molecule has 1 saturated heterocycles. The summed E-state index contributed by atoms with van der Waals surface area (Å²) in [4.78, 5) is 13.2. The summed E-state index contributed by atoms with van der Waals surface area (Å²) in [7, 11) is 0. The van der Waals surface area contributed by atoms with Crippen LogP contribution in [0, 0.1) is 6.92 Å². The number of aliphatic carboxylic acids is 1. The van der Waals surface area contributed by atoms with E-state index in [1.54, 1.807) is 18.2 Å². The lowest BCUT2D eigenvalue weighted by Gasteiger charge is -2.27. The molecule has 0 aliphatic carbocycles. The van der Waals surface area contributed by atoms with Crippen LogP contribution in [0.5, 0.6) is 11.5 Å². The predicted molar refractivity (Wildman–Crippen MR) is 135 cm³/mol. The highest BCUT2D eigenvalue weighted by Gasteiger charge is 2.30. The molecule has 0 atom stereocenters. The average Bonchev–Trinajstić information content (AvgIpc) is 2.87. The van der Waals surface area contributed by atoms with Crippen LogP contribution in [0.2, 0.25) is 0 Å². The number of hydrogen-bond donors (Lipinski definition) is 1. The maximum atomic E-state index is 13.0. The number of rotatable bonds is 9. The van der Waals surface area contributed by atoms with Crippen molar-refractivity contribution in [1.29, 1.82) is 0 Å². The summed E-state index contributed by atoms with van der Waals surface area (Å²) in [5.41, 5.74) is 3.64. The molecule has 1 aliphatic rings. The second-order valence-corrected chi connectivity index (χ2v) is 9.35. The van der Waals surface area contributed by atoms with Crippen molar-refractivity contribution >= 4 is 5.97 Å². The number of piperidine rings is 1. The van der Waals surface area contributed by atoms with E-state index in [9.17, 15) is 18.0 Å². The Labute approximate surface area is 214 Å². The van der Waals surface area contributed by atoms with Crippen LogP contribution in [0.1, 0.15) is 41.5 Å². The molecule has 0 aromatic heterocycles. The maximum absolute atomic E-state index is 13.0. The third kappa shape index (κ3) is 7.49. The van der Waals surface area contributed by atoms with Gasteiger partial charge in [0.2, 0.25) is 0 Å². The quantitative estimate of drug-likeness (QED) is 0.345. The van der Waals surface area contributed by atoms with Gasteiger partial charge in [0.1, 0.15) is 18.1 Å². The summed E-state index contributed by atoms with van der Waals surface area (Å²) in [6.45, 7) is 4.51. The standard InChI is InChI=1S/C29H30F3NO4/c1-20-13-26(9-10-27(20)37-19-28(34)35)36-18-22-14-21(17-33-11-3-2-4-12-33)15-24(16-22)23-5-7-25(8-6-23)29(30,31)32/h5-10,13-16H,2-4,11-12,17-19H2,1H3,(H,34,35). The first-order chi connectivity index (χ1) is 17.7. The fraction of sp³-hybridized carbons (Fsp3) is 0.345. The predicted octanol–water partition coefficient (Wildman–Crippen LogP) is 6.71. The SMILES string of the molecule is Cc1cc(OCc2cc(CN3CCCCC3)cc(-c3ccc(C(F)(F)F)cc3)c2)ccc1OCC(=O)O. The summed E-state index contributed by atoms with van der Waals surface area (Å²) in [6.07, 6.45) is -0.805. The Morgan fingerprint density at radius 2 is 1.59 bits per heavy atom. The molecule has 37 heavy (non-hydrogen) atoms. The van der Waals surface area contributed by atoms with Crippen LogP contribution >= 0.6 is 0 Å². The third-order valence-electron chi connectivity index (χ3n) is 6.36. The van der Waals surface area contributed by atoms with E-state index < -0.39 is 24.3 Å². The van der Waals surface area contributed by atoms with Crippen LogP contribution in [0.15, 0.2) is 60.7 Å². The van der Waals surface area contributed by atoms with E-state index in [2.05, 4.69) is 11.0 Å². The van der Waals surface area contributed by atoms with Crippen LogP contribution in [0.4, 0.5) is 13.2 Å². The lowest BCUT2D eigenvalue weighted by atomic mass is 9.98. The van der Waals surface area contributed by atoms with E-state index >= 15 is 0 Å². The van der Waals surface area contributed by atoms with Gasteiger partial charge in [0.25, 0.3) is 0 Å². The average molecular weight is 514 g/mol. The molecule has 1 aliphatic heterocycles. The molecule has 0 amide bonds. The van der Waals surface area contributed by atoms with Crippen LogP contribution in [-0.4, -0.2) is 35.7 Å². The number of carboxylic acid groups (broad SMARTS) is 1. The monoisotopic (exact) mass is 513 g/mol. The second-order valence-electron chi connectivity index (χ2n) is 9.35. The number of nitrogens with zero attached hydrogens (tertiary/aromatic N) is 1. The zero-order valence-corrected chi connectivity index (χ0v) is 20.7. The zero-order chi connectivity index (χ0) is 26.4. The first kappa shape index (κ1) is 26.5. The van der Waals surface area contributed by atoms with E-state index in [0.29, 0.717) is 17.1 Å². The highest BCUT2D eigenvalue weighted by molar-refractivity contribution is 5.68. The lowest BCUT2D eigenvalue weighted by Crippen LogP contribution is -2.29. The molecule has 0 bridgehead atoms. The third-order valence-corrected chi connectivity index (χ3v) is 6.36. The van der Waals surface area contributed by atoms with Gasteiger partial charge in [-0.2, -0.15) is 13.2 Å². The molecular formula is C29H30F3NO4. The minimum Gasteiger partial charge on any atom is -0.489 e.